The van der Waals surface area contributed by atoms with Gasteiger partial charge in [-0.15, -0.1) is 0 Å². The molecule has 0 spiro atoms. The molecule has 3 rings (SSSR count). The molecule has 1 saturated heterocycles. The van der Waals surface area contributed by atoms with E-state index in [2.05, 4.69) is 5.32 Å². The van der Waals surface area contributed by atoms with E-state index in [4.69, 9.17) is 4.42 Å². The smallest absolute Gasteiger partial charge is 0.287 e. The van der Waals surface area contributed by atoms with Gasteiger partial charge in [-0.3, -0.25) is 9.59 Å². The van der Waals surface area contributed by atoms with Crippen molar-refractivity contribution in [3.05, 3.63) is 53.0 Å². The predicted octanol–water partition coefficient (Wildman–Crippen LogP) is 2.59. The molecule has 0 radical (unpaired) electrons. The highest BCUT2D eigenvalue weighted by atomic mass is 32.2. The van der Waals surface area contributed by atoms with Crippen molar-refractivity contribution in [2.24, 2.45) is 0 Å². The molecule has 1 aromatic carbocycles. The third-order valence-electron chi connectivity index (χ3n) is 5.71. The van der Waals surface area contributed by atoms with Crippen LogP contribution in [0.25, 0.3) is 0 Å². The second-order valence-electron chi connectivity index (χ2n) is 8.24. The van der Waals surface area contributed by atoms with E-state index >= 15 is 0 Å². The molecule has 0 aliphatic carbocycles. The van der Waals surface area contributed by atoms with E-state index in [9.17, 15) is 18.0 Å². The minimum Gasteiger partial charge on any atom is -0.459 e. The van der Waals surface area contributed by atoms with Crippen molar-refractivity contribution in [1.29, 1.82) is 0 Å². The maximum Gasteiger partial charge on any atom is 0.287 e. The molecule has 0 saturated carbocycles. The number of amides is 2. The molecule has 1 atom stereocenters. The number of sulfonamides is 1. The number of piperazine rings is 1. The first-order valence-electron chi connectivity index (χ1n) is 10.8. The number of rotatable bonds is 8. The summed E-state index contributed by atoms with van der Waals surface area (Å²) < 4.78 is 33.2. The Morgan fingerprint density at radius 3 is 2.30 bits per heavy atom. The second kappa shape index (κ2) is 10.8. The molecule has 2 aromatic rings. The van der Waals surface area contributed by atoms with Crippen molar-refractivity contribution in [2.45, 2.75) is 38.1 Å². The minimum atomic E-state index is -3.66. The lowest BCUT2D eigenvalue weighted by Crippen LogP contribution is -2.56. The highest BCUT2D eigenvalue weighted by Gasteiger charge is 2.34. The van der Waals surface area contributed by atoms with E-state index in [1.165, 1.54) is 10.6 Å². The summed E-state index contributed by atoms with van der Waals surface area (Å²) in [5.41, 5.74) is 2.47. The quantitative estimate of drug-likeness (QED) is 0.607. The molecule has 1 N–H and O–H groups in total. The highest BCUT2D eigenvalue weighted by Crippen LogP contribution is 2.26. The fourth-order valence-corrected chi connectivity index (χ4v) is 6.51. The molecule has 33 heavy (non-hydrogen) atoms. The molecule has 1 fully saturated rings. The van der Waals surface area contributed by atoms with Crippen LogP contribution in [-0.4, -0.2) is 73.7 Å². The maximum atomic E-state index is 13.3. The molecule has 2 heterocycles. The van der Waals surface area contributed by atoms with Crippen LogP contribution in [0, 0.1) is 20.8 Å². The maximum absolute atomic E-state index is 13.3. The Bertz CT molecular complexity index is 1070. The fourth-order valence-electron chi connectivity index (χ4n) is 4.20. The lowest BCUT2D eigenvalue weighted by Gasteiger charge is -2.36. The number of benzene rings is 1. The molecular formula is C23H31N3O5S2. The molecule has 0 unspecified atom stereocenters. The summed E-state index contributed by atoms with van der Waals surface area (Å²) in [5.74, 6) is 0.209. The van der Waals surface area contributed by atoms with Crippen LogP contribution in [0.1, 0.15) is 33.7 Å². The summed E-state index contributed by atoms with van der Waals surface area (Å²) in [4.78, 5) is 27.6. The van der Waals surface area contributed by atoms with Crippen LogP contribution in [0.15, 0.2) is 39.8 Å². The Balaban J connectivity index is 1.69. The van der Waals surface area contributed by atoms with E-state index < -0.39 is 22.0 Å². The number of furan rings is 1. The van der Waals surface area contributed by atoms with Gasteiger partial charge in [0.05, 0.1) is 11.2 Å². The molecule has 1 aliphatic rings. The van der Waals surface area contributed by atoms with E-state index in [1.807, 2.05) is 39.2 Å². The Labute approximate surface area is 199 Å². The molecule has 1 aliphatic heterocycles. The third kappa shape index (κ3) is 5.80. The third-order valence-corrected chi connectivity index (χ3v) is 8.56. The Morgan fingerprint density at radius 2 is 1.76 bits per heavy atom. The molecule has 0 bridgehead atoms. The lowest BCUT2D eigenvalue weighted by molar-refractivity contribution is -0.134. The summed E-state index contributed by atoms with van der Waals surface area (Å²) in [6.45, 7) is 6.53. The summed E-state index contributed by atoms with van der Waals surface area (Å²) in [6, 6.07) is 6.21. The van der Waals surface area contributed by atoms with Gasteiger partial charge in [0.15, 0.2) is 5.76 Å². The van der Waals surface area contributed by atoms with Gasteiger partial charge >= 0.3 is 0 Å². The molecule has 10 heteroatoms. The number of hydrogen-bond donors (Lipinski definition) is 1. The topological polar surface area (TPSA) is 99.9 Å². The van der Waals surface area contributed by atoms with Crippen molar-refractivity contribution in [2.75, 3.05) is 38.2 Å². The van der Waals surface area contributed by atoms with Gasteiger partial charge < -0.3 is 14.6 Å². The molecular weight excluding hydrogens is 462 g/mol. The Hall–Kier alpha value is -2.30. The van der Waals surface area contributed by atoms with Crippen LogP contribution in [0.3, 0.4) is 0 Å². The first-order chi connectivity index (χ1) is 15.6. The highest BCUT2D eigenvalue weighted by molar-refractivity contribution is 7.98. The van der Waals surface area contributed by atoms with Gasteiger partial charge in [-0.2, -0.15) is 16.1 Å². The lowest BCUT2D eigenvalue weighted by atomic mass is 10.1. The standard InChI is InChI=1S/C23H31N3O5S2/c1-16-14-17(2)21(18(3)15-16)33(29,30)26-10-8-25(9-11-26)23(28)19(7-13-32-4)24-22(27)20-6-5-12-31-20/h5-6,12,14-15,19H,7-11,13H2,1-4H3,(H,24,27)/t19-/m1/s1. The van der Waals surface area contributed by atoms with E-state index in [0.29, 0.717) is 17.1 Å². The first kappa shape index (κ1) is 25.3. The van der Waals surface area contributed by atoms with Crippen molar-refractivity contribution in [3.8, 4) is 0 Å². The van der Waals surface area contributed by atoms with Gasteiger partial charge in [0.25, 0.3) is 5.91 Å². The fraction of sp³-hybridized carbons (Fsp3) is 0.478. The van der Waals surface area contributed by atoms with Crippen molar-refractivity contribution in [3.63, 3.8) is 0 Å². The van der Waals surface area contributed by atoms with Crippen molar-refractivity contribution >= 4 is 33.6 Å². The number of thioether (sulfide) groups is 1. The number of carbonyl (C=O) groups excluding carboxylic acids is 2. The van der Waals surface area contributed by atoms with Gasteiger partial charge in [0.2, 0.25) is 15.9 Å². The van der Waals surface area contributed by atoms with Gasteiger partial charge in [-0.1, -0.05) is 17.7 Å². The summed E-state index contributed by atoms with van der Waals surface area (Å²) >= 11 is 1.59. The summed E-state index contributed by atoms with van der Waals surface area (Å²) in [5, 5.41) is 2.77. The minimum absolute atomic E-state index is 0.150. The predicted molar refractivity (Wildman–Crippen MR) is 129 cm³/mol. The van der Waals surface area contributed by atoms with Crippen LogP contribution in [0.4, 0.5) is 0 Å². The van der Waals surface area contributed by atoms with Crippen LogP contribution < -0.4 is 5.32 Å². The molecule has 8 nitrogen and oxygen atoms in total. The SMILES string of the molecule is CSCC[C@@H](NC(=O)c1ccco1)C(=O)N1CCN(S(=O)(=O)c2c(C)cc(C)cc2C)CC1. The molecule has 180 valence electrons. The van der Waals surface area contributed by atoms with Crippen LogP contribution in [-0.2, 0) is 14.8 Å². The normalized spacial score (nSPS) is 15.9. The Kier molecular flexibility index (Phi) is 8.25. The van der Waals surface area contributed by atoms with Gasteiger partial charge in [0, 0.05) is 26.2 Å². The number of nitrogens with zero attached hydrogens (tertiary/aromatic N) is 2. The largest absolute Gasteiger partial charge is 0.459 e. The van der Waals surface area contributed by atoms with Gasteiger partial charge in [-0.05, 0) is 62.5 Å². The zero-order valence-electron chi connectivity index (χ0n) is 19.5. The number of aryl methyl sites for hydroxylation is 3. The van der Waals surface area contributed by atoms with Gasteiger partial charge in [-0.25, -0.2) is 8.42 Å². The average Bonchev–Trinajstić information content (AvgIpc) is 3.30. The summed E-state index contributed by atoms with van der Waals surface area (Å²) in [7, 11) is -3.66. The average molecular weight is 494 g/mol. The van der Waals surface area contributed by atoms with Crippen LogP contribution >= 0.6 is 11.8 Å². The van der Waals surface area contributed by atoms with Crippen molar-refractivity contribution < 1.29 is 22.4 Å². The van der Waals surface area contributed by atoms with Gasteiger partial charge in [0.1, 0.15) is 6.04 Å². The van der Waals surface area contributed by atoms with E-state index in [1.54, 1.807) is 28.8 Å². The van der Waals surface area contributed by atoms with Crippen molar-refractivity contribution in [1.82, 2.24) is 14.5 Å². The number of hydrogen-bond acceptors (Lipinski definition) is 6. The van der Waals surface area contributed by atoms with E-state index in [0.717, 1.165) is 16.7 Å². The molecule has 1 aromatic heterocycles. The number of carbonyl (C=O) groups is 2. The monoisotopic (exact) mass is 493 g/mol. The number of nitrogens with one attached hydrogen (secondary N) is 1. The zero-order chi connectivity index (χ0) is 24.2. The zero-order valence-corrected chi connectivity index (χ0v) is 21.1. The molecule has 2 amide bonds. The second-order valence-corrected chi connectivity index (χ2v) is 11.1. The first-order valence-corrected chi connectivity index (χ1v) is 13.7. The van der Waals surface area contributed by atoms with Crippen LogP contribution in [0.5, 0.6) is 0 Å². The summed E-state index contributed by atoms with van der Waals surface area (Å²) in [6.07, 6.45) is 3.83. The van der Waals surface area contributed by atoms with Crippen LogP contribution in [0.2, 0.25) is 0 Å². The van der Waals surface area contributed by atoms with E-state index in [-0.39, 0.29) is 37.8 Å². The Morgan fingerprint density at radius 1 is 1.12 bits per heavy atom.